The highest BCUT2D eigenvalue weighted by atomic mass is 16.6. The van der Waals surface area contributed by atoms with Gasteiger partial charge >= 0.3 is 6.09 Å². The first-order valence-corrected chi connectivity index (χ1v) is 16.7. The third-order valence-electron chi connectivity index (χ3n) is 8.96. The number of ether oxygens (including phenoxy) is 3. The second-order valence-corrected chi connectivity index (χ2v) is 13.4. The number of piperidine rings is 1. The predicted octanol–water partition coefficient (Wildman–Crippen LogP) is 4.88. The predicted molar refractivity (Wildman–Crippen MR) is 180 cm³/mol. The minimum atomic E-state index is -0.518. The molecule has 3 heterocycles. The fourth-order valence-corrected chi connectivity index (χ4v) is 6.52. The number of rotatable bonds is 10. The van der Waals surface area contributed by atoms with Crippen LogP contribution in [0.3, 0.4) is 0 Å². The van der Waals surface area contributed by atoms with E-state index in [2.05, 4.69) is 20.5 Å². The summed E-state index contributed by atoms with van der Waals surface area (Å²) in [5, 5.41) is 6.17. The summed E-state index contributed by atoms with van der Waals surface area (Å²) in [5.41, 5.74) is 1.24. The minimum Gasteiger partial charge on any atom is -0.495 e. The van der Waals surface area contributed by atoms with E-state index in [1.54, 1.807) is 48.4 Å². The Morgan fingerprint density at radius 2 is 1.81 bits per heavy atom. The number of amides is 3. The maximum absolute atomic E-state index is 13.2. The van der Waals surface area contributed by atoms with E-state index in [0.29, 0.717) is 61.3 Å². The van der Waals surface area contributed by atoms with Crippen molar-refractivity contribution in [1.82, 2.24) is 20.2 Å². The molecule has 0 bridgehead atoms. The van der Waals surface area contributed by atoms with Crippen molar-refractivity contribution in [3.05, 3.63) is 30.0 Å². The van der Waals surface area contributed by atoms with Crippen molar-refractivity contribution in [2.75, 3.05) is 55.5 Å². The smallest absolute Gasteiger partial charge is 0.410 e. The van der Waals surface area contributed by atoms with Crippen molar-refractivity contribution in [3.63, 3.8) is 0 Å². The Labute approximate surface area is 277 Å². The van der Waals surface area contributed by atoms with Gasteiger partial charge in [0.2, 0.25) is 11.9 Å². The summed E-state index contributed by atoms with van der Waals surface area (Å²) >= 11 is 0. The van der Waals surface area contributed by atoms with Gasteiger partial charge in [0.1, 0.15) is 23.1 Å². The molecule has 2 aliphatic heterocycles. The lowest BCUT2D eigenvalue weighted by molar-refractivity contribution is -0.120. The highest BCUT2D eigenvalue weighted by molar-refractivity contribution is 6.04. The molecule has 0 radical (unpaired) electrons. The van der Waals surface area contributed by atoms with E-state index < -0.39 is 5.60 Å². The number of carbonyl (C=O) groups is 3. The highest BCUT2D eigenvalue weighted by Gasteiger charge is 2.41. The molecule has 1 aromatic heterocycles. The monoisotopic (exact) mass is 651 g/mol. The second kappa shape index (κ2) is 14.7. The first-order valence-electron chi connectivity index (χ1n) is 16.7. The summed E-state index contributed by atoms with van der Waals surface area (Å²) in [6.07, 6.45) is 7.94. The van der Waals surface area contributed by atoms with Crippen LogP contribution in [0.5, 0.6) is 5.75 Å². The van der Waals surface area contributed by atoms with Crippen LogP contribution in [0, 0.1) is 0 Å². The molecule has 2 fully saturated rings. The van der Waals surface area contributed by atoms with E-state index in [1.807, 2.05) is 27.7 Å². The maximum Gasteiger partial charge on any atom is 0.410 e. The third kappa shape index (κ3) is 8.06. The van der Waals surface area contributed by atoms with Gasteiger partial charge in [-0.3, -0.25) is 9.59 Å². The van der Waals surface area contributed by atoms with Crippen LogP contribution in [-0.2, 0) is 14.3 Å². The molecule has 1 aromatic carbocycles. The van der Waals surface area contributed by atoms with Gasteiger partial charge in [-0.15, -0.1) is 0 Å². The number of hydrogen-bond acceptors (Lipinski definition) is 10. The van der Waals surface area contributed by atoms with Gasteiger partial charge in [0, 0.05) is 38.3 Å². The molecule has 0 spiro atoms. The molecule has 3 aliphatic rings. The van der Waals surface area contributed by atoms with Crippen LogP contribution in [0.25, 0.3) is 0 Å². The van der Waals surface area contributed by atoms with Crippen LogP contribution in [-0.4, -0.2) is 97.0 Å². The Balaban J connectivity index is 1.16. The van der Waals surface area contributed by atoms with Crippen molar-refractivity contribution in [3.8, 4) is 5.75 Å². The van der Waals surface area contributed by atoms with E-state index in [1.165, 1.54) is 0 Å². The number of carbonyl (C=O) groups excluding carboxylic acids is 3. The summed E-state index contributed by atoms with van der Waals surface area (Å²) in [6.45, 7) is 9.49. The number of nitrogens with one attached hydrogen (secondary N) is 2. The zero-order chi connectivity index (χ0) is 33.7. The number of anilines is 4. The lowest BCUT2D eigenvalue weighted by atomic mass is 10.0. The zero-order valence-electron chi connectivity index (χ0n) is 28.5. The molecule has 2 N–H and O–H groups in total. The van der Waals surface area contributed by atoms with Gasteiger partial charge in [-0.1, -0.05) is 19.8 Å². The number of nitrogens with zero attached hydrogens (tertiary/aromatic N) is 5. The average Bonchev–Trinajstić information content (AvgIpc) is 3.59. The van der Waals surface area contributed by atoms with Crippen LogP contribution < -0.4 is 25.2 Å². The molecule has 1 atom stereocenters. The Hall–Kier alpha value is -4.13. The largest absolute Gasteiger partial charge is 0.495 e. The van der Waals surface area contributed by atoms with Gasteiger partial charge in [0.25, 0.3) is 5.91 Å². The number of methoxy groups -OCH3 is 1. The van der Waals surface area contributed by atoms with Gasteiger partial charge in [0.05, 0.1) is 31.7 Å². The minimum absolute atomic E-state index is 0.0286. The van der Waals surface area contributed by atoms with Gasteiger partial charge in [-0.2, -0.15) is 4.98 Å². The van der Waals surface area contributed by atoms with Crippen molar-refractivity contribution in [1.29, 1.82) is 0 Å². The average molecular weight is 652 g/mol. The van der Waals surface area contributed by atoms with E-state index >= 15 is 0 Å². The van der Waals surface area contributed by atoms with Crippen LogP contribution in [0.2, 0.25) is 0 Å². The van der Waals surface area contributed by atoms with Gasteiger partial charge < -0.3 is 39.5 Å². The van der Waals surface area contributed by atoms with Crippen LogP contribution >= 0.6 is 0 Å². The summed E-state index contributed by atoms with van der Waals surface area (Å²) in [7, 11) is 3.33. The van der Waals surface area contributed by atoms with Crippen molar-refractivity contribution in [2.24, 2.45) is 0 Å². The SMILES string of the molecule is CC[C@@H]1C(=O)N(C)c2cnc(Nc3ccc(C(=O)NCCOC4CCN(C(=O)OC(C)(C)C)CC4)cc3OC)nc2N1C1CCCC1. The Bertz CT molecular complexity index is 1430. The molecule has 13 heteroatoms. The zero-order valence-corrected chi connectivity index (χ0v) is 28.5. The molecule has 2 aromatic rings. The summed E-state index contributed by atoms with van der Waals surface area (Å²) in [6, 6.07) is 5.18. The molecule has 1 saturated carbocycles. The number of hydrogen-bond donors (Lipinski definition) is 2. The molecule has 1 saturated heterocycles. The molecular weight excluding hydrogens is 602 g/mol. The lowest BCUT2D eigenvalue weighted by Gasteiger charge is -2.43. The first kappa shape index (κ1) is 34.2. The quantitative estimate of drug-likeness (QED) is 0.342. The van der Waals surface area contributed by atoms with E-state index in [4.69, 9.17) is 19.2 Å². The standard InChI is InChI=1S/C34H49N7O6/c1-7-26-31(43)39(5)27-21-36-32(38-29(27)41(26)23-10-8-9-11-23)37-25-13-12-22(20-28(25)45-6)30(42)35-16-19-46-24-14-17-40(18-15-24)33(44)47-34(2,3)4/h12-13,20-21,23-24,26H,7-11,14-19H2,1-6H3,(H,35,42)(H,36,37,38)/t26-/m1/s1. The number of likely N-dealkylation sites (N-methyl/N-ethyl adjacent to an activating group) is 1. The molecule has 1 aliphatic carbocycles. The number of fused-ring (bicyclic) bond motifs is 1. The van der Waals surface area contributed by atoms with Crippen molar-refractivity contribution in [2.45, 2.75) is 96.4 Å². The van der Waals surface area contributed by atoms with E-state index in [9.17, 15) is 14.4 Å². The summed E-state index contributed by atoms with van der Waals surface area (Å²) in [5.74, 6) is 1.44. The molecule has 5 rings (SSSR count). The highest BCUT2D eigenvalue weighted by Crippen LogP contribution is 2.40. The van der Waals surface area contributed by atoms with E-state index in [-0.39, 0.29) is 36.1 Å². The number of benzene rings is 1. The van der Waals surface area contributed by atoms with Crippen molar-refractivity contribution >= 4 is 41.0 Å². The molecule has 3 amide bonds. The fraction of sp³-hybridized carbons (Fsp3) is 0.618. The van der Waals surface area contributed by atoms with Gasteiger partial charge in [-0.25, -0.2) is 9.78 Å². The topological polar surface area (TPSA) is 138 Å². The van der Waals surface area contributed by atoms with Crippen LogP contribution in [0.4, 0.5) is 27.9 Å². The summed E-state index contributed by atoms with van der Waals surface area (Å²) in [4.78, 5) is 53.4. The molecular formula is C34H49N7O6. The molecule has 13 nitrogen and oxygen atoms in total. The number of aromatic nitrogens is 2. The normalized spacial score (nSPS) is 19.1. The third-order valence-corrected chi connectivity index (χ3v) is 8.96. The Morgan fingerprint density at radius 1 is 1.09 bits per heavy atom. The molecule has 256 valence electrons. The second-order valence-electron chi connectivity index (χ2n) is 13.4. The van der Waals surface area contributed by atoms with Gasteiger partial charge in [0.15, 0.2) is 5.82 Å². The van der Waals surface area contributed by atoms with Crippen molar-refractivity contribution < 1.29 is 28.6 Å². The lowest BCUT2D eigenvalue weighted by Crippen LogP contribution is -2.55. The van der Waals surface area contributed by atoms with Gasteiger partial charge in [-0.05, 0) is 71.1 Å². The van der Waals surface area contributed by atoms with Crippen LogP contribution in [0.1, 0.15) is 83.0 Å². The summed E-state index contributed by atoms with van der Waals surface area (Å²) < 4.78 is 17.0. The molecule has 0 unspecified atom stereocenters. The Morgan fingerprint density at radius 3 is 2.47 bits per heavy atom. The van der Waals surface area contributed by atoms with Crippen LogP contribution in [0.15, 0.2) is 24.4 Å². The first-order chi connectivity index (χ1) is 22.5. The fourth-order valence-electron chi connectivity index (χ4n) is 6.52. The van der Waals surface area contributed by atoms with E-state index in [0.717, 1.165) is 44.3 Å². The maximum atomic E-state index is 13.2. The molecule has 47 heavy (non-hydrogen) atoms. The number of likely N-dealkylation sites (tertiary alicyclic amines) is 1. The Kier molecular flexibility index (Phi) is 10.7.